The molecule has 0 aromatic heterocycles. The lowest BCUT2D eigenvalue weighted by molar-refractivity contribution is -0.145. The minimum absolute atomic E-state index is 0.0603. The van der Waals surface area contributed by atoms with Crippen LogP contribution < -0.4 is 11.1 Å². The minimum Gasteiger partial charge on any atom is -0.466 e. The van der Waals surface area contributed by atoms with Gasteiger partial charge in [0.05, 0.1) is 19.1 Å². The van der Waals surface area contributed by atoms with Crippen LogP contribution in [0.5, 0.6) is 0 Å². The van der Waals surface area contributed by atoms with Gasteiger partial charge in [-0.1, -0.05) is 0 Å². The first kappa shape index (κ1) is 14.8. The van der Waals surface area contributed by atoms with Crippen molar-refractivity contribution in [2.45, 2.75) is 25.6 Å². The molecule has 0 spiro atoms. The number of carbonyl (C=O) groups excluding carboxylic acids is 2. The van der Waals surface area contributed by atoms with Crippen LogP contribution in [-0.2, 0) is 14.3 Å². The third kappa shape index (κ3) is 7.16. The number of amides is 1. The van der Waals surface area contributed by atoms with Crippen LogP contribution in [0.15, 0.2) is 0 Å². The maximum atomic E-state index is 10.9. The highest BCUT2D eigenvalue weighted by Crippen LogP contribution is 1.93. The monoisotopic (exact) mass is 234 g/mol. The molecular formula is C9H18N2O5. The van der Waals surface area contributed by atoms with Crippen LogP contribution in [0.1, 0.15) is 13.3 Å². The Kier molecular flexibility index (Phi) is 7.44. The molecule has 0 aromatic rings. The van der Waals surface area contributed by atoms with Crippen LogP contribution in [0, 0.1) is 0 Å². The Labute approximate surface area is 93.6 Å². The van der Waals surface area contributed by atoms with Crippen molar-refractivity contribution in [1.29, 1.82) is 0 Å². The number of ether oxygens (including phenoxy) is 1. The fraction of sp³-hybridized carbons (Fsp3) is 0.778. The van der Waals surface area contributed by atoms with Gasteiger partial charge in [0, 0.05) is 13.1 Å². The van der Waals surface area contributed by atoms with Gasteiger partial charge in [0.2, 0.25) is 5.91 Å². The zero-order valence-electron chi connectivity index (χ0n) is 9.18. The summed E-state index contributed by atoms with van der Waals surface area (Å²) in [6.07, 6.45) is -2.35. The van der Waals surface area contributed by atoms with Crippen molar-refractivity contribution in [3.8, 4) is 0 Å². The topological polar surface area (TPSA) is 122 Å². The van der Waals surface area contributed by atoms with Crippen molar-refractivity contribution in [2.75, 3.05) is 19.7 Å². The van der Waals surface area contributed by atoms with Crippen LogP contribution in [0.25, 0.3) is 0 Å². The highest BCUT2D eigenvalue weighted by atomic mass is 16.5. The summed E-state index contributed by atoms with van der Waals surface area (Å²) in [5.74, 6) is -1.33. The van der Waals surface area contributed by atoms with E-state index in [-0.39, 0.29) is 26.1 Å². The van der Waals surface area contributed by atoms with Crippen LogP contribution in [0.2, 0.25) is 0 Å². The van der Waals surface area contributed by atoms with E-state index >= 15 is 0 Å². The number of hydrogen-bond acceptors (Lipinski definition) is 6. The number of hydrogen-bond donors (Lipinski definition) is 4. The molecular weight excluding hydrogens is 216 g/mol. The van der Waals surface area contributed by atoms with Crippen LogP contribution >= 0.6 is 0 Å². The Balaban J connectivity index is 3.61. The molecule has 0 aliphatic rings. The van der Waals surface area contributed by atoms with Crippen molar-refractivity contribution >= 4 is 11.9 Å². The molecule has 0 fully saturated rings. The first-order valence-corrected chi connectivity index (χ1v) is 4.99. The van der Waals surface area contributed by atoms with Gasteiger partial charge >= 0.3 is 5.97 Å². The van der Waals surface area contributed by atoms with Crippen molar-refractivity contribution in [3.05, 3.63) is 0 Å². The number of aliphatic hydroxyl groups is 2. The SMILES string of the molecule is CCOC(=O)CC(O)CNCC(O)C(N)=O. The molecule has 7 heteroatoms. The van der Waals surface area contributed by atoms with Gasteiger partial charge in [-0.15, -0.1) is 0 Å². The summed E-state index contributed by atoms with van der Waals surface area (Å²) in [7, 11) is 0. The third-order valence-corrected chi connectivity index (χ3v) is 1.75. The van der Waals surface area contributed by atoms with Gasteiger partial charge in [-0.25, -0.2) is 0 Å². The first-order chi connectivity index (χ1) is 7.47. The molecule has 2 unspecified atom stereocenters. The van der Waals surface area contributed by atoms with E-state index in [1.165, 1.54) is 0 Å². The Morgan fingerprint density at radius 2 is 2.00 bits per heavy atom. The van der Waals surface area contributed by atoms with Gasteiger partial charge in [0.1, 0.15) is 6.10 Å². The van der Waals surface area contributed by atoms with Gasteiger partial charge < -0.3 is 26.0 Å². The molecule has 7 nitrogen and oxygen atoms in total. The van der Waals surface area contributed by atoms with Crippen LogP contribution in [0.3, 0.4) is 0 Å². The fourth-order valence-corrected chi connectivity index (χ4v) is 0.972. The summed E-state index contributed by atoms with van der Waals surface area (Å²) in [6, 6.07) is 0. The summed E-state index contributed by atoms with van der Waals surface area (Å²) < 4.78 is 4.63. The molecule has 0 heterocycles. The molecule has 0 radical (unpaired) electrons. The maximum Gasteiger partial charge on any atom is 0.308 e. The molecule has 0 aliphatic carbocycles. The summed E-state index contributed by atoms with van der Waals surface area (Å²) >= 11 is 0. The molecule has 0 aliphatic heterocycles. The summed E-state index contributed by atoms with van der Waals surface area (Å²) in [6.45, 7) is 1.95. The number of primary amides is 1. The summed E-state index contributed by atoms with van der Waals surface area (Å²) in [4.78, 5) is 21.4. The van der Waals surface area contributed by atoms with Gasteiger partial charge in [-0.3, -0.25) is 9.59 Å². The average Bonchev–Trinajstić information content (AvgIpc) is 2.17. The Morgan fingerprint density at radius 3 is 2.50 bits per heavy atom. The second-order valence-corrected chi connectivity index (χ2v) is 3.24. The van der Waals surface area contributed by atoms with Gasteiger partial charge in [0.25, 0.3) is 0 Å². The van der Waals surface area contributed by atoms with E-state index in [1.54, 1.807) is 6.92 Å². The Hall–Kier alpha value is -1.18. The molecule has 1 amide bonds. The maximum absolute atomic E-state index is 10.9. The van der Waals surface area contributed by atoms with E-state index in [0.717, 1.165) is 0 Å². The molecule has 94 valence electrons. The van der Waals surface area contributed by atoms with Gasteiger partial charge in [0.15, 0.2) is 0 Å². The lowest BCUT2D eigenvalue weighted by Gasteiger charge is -2.12. The number of esters is 1. The normalized spacial score (nSPS) is 14.2. The quantitative estimate of drug-likeness (QED) is 0.351. The van der Waals surface area contributed by atoms with E-state index in [1.807, 2.05) is 0 Å². The second-order valence-electron chi connectivity index (χ2n) is 3.24. The van der Waals surface area contributed by atoms with Crippen LogP contribution in [0.4, 0.5) is 0 Å². The number of nitrogens with two attached hydrogens (primary N) is 1. The highest BCUT2D eigenvalue weighted by molar-refractivity contribution is 5.78. The molecule has 2 atom stereocenters. The van der Waals surface area contributed by atoms with Crippen LogP contribution in [-0.4, -0.2) is 54.0 Å². The zero-order valence-corrected chi connectivity index (χ0v) is 9.18. The summed E-state index contributed by atoms with van der Waals surface area (Å²) in [5, 5.41) is 20.9. The molecule has 0 aromatic carbocycles. The molecule has 0 saturated carbocycles. The lowest BCUT2D eigenvalue weighted by atomic mass is 10.2. The van der Waals surface area contributed by atoms with Gasteiger partial charge in [-0.2, -0.15) is 0 Å². The fourth-order valence-electron chi connectivity index (χ4n) is 0.972. The van der Waals surface area contributed by atoms with E-state index in [0.29, 0.717) is 0 Å². The standard InChI is InChI=1S/C9H18N2O5/c1-2-16-8(14)3-6(12)4-11-5-7(13)9(10)15/h6-7,11-13H,2-5H2,1H3,(H2,10,15). The smallest absolute Gasteiger partial charge is 0.308 e. The average molecular weight is 234 g/mol. The number of rotatable bonds is 8. The lowest BCUT2D eigenvalue weighted by Crippen LogP contribution is -2.40. The second kappa shape index (κ2) is 8.03. The van der Waals surface area contributed by atoms with E-state index in [2.05, 4.69) is 10.1 Å². The Morgan fingerprint density at radius 1 is 1.38 bits per heavy atom. The van der Waals surface area contributed by atoms with Crippen molar-refractivity contribution in [3.63, 3.8) is 0 Å². The minimum atomic E-state index is -1.30. The van der Waals surface area contributed by atoms with E-state index in [4.69, 9.17) is 10.8 Å². The predicted molar refractivity (Wildman–Crippen MR) is 55.3 cm³/mol. The molecule has 16 heavy (non-hydrogen) atoms. The highest BCUT2D eigenvalue weighted by Gasteiger charge is 2.13. The van der Waals surface area contributed by atoms with Crippen molar-refractivity contribution in [1.82, 2.24) is 5.32 Å². The molecule has 0 bridgehead atoms. The number of aliphatic hydroxyl groups excluding tert-OH is 2. The largest absolute Gasteiger partial charge is 0.466 e. The molecule has 0 saturated heterocycles. The zero-order chi connectivity index (χ0) is 12.6. The van der Waals surface area contributed by atoms with E-state index < -0.39 is 24.1 Å². The van der Waals surface area contributed by atoms with Crippen molar-refractivity contribution < 1.29 is 24.5 Å². The first-order valence-electron chi connectivity index (χ1n) is 4.99. The van der Waals surface area contributed by atoms with Crippen molar-refractivity contribution in [2.24, 2.45) is 5.73 Å². The number of carbonyl (C=O) groups is 2. The van der Waals surface area contributed by atoms with Gasteiger partial charge in [-0.05, 0) is 6.92 Å². The molecule has 5 N–H and O–H groups in total. The molecule has 0 rings (SSSR count). The third-order valence-electron chi connectivity index (χ3n) is 1.75. The predicted octanol–water partition coefficient (Wildman–Crippen LogP) is -2.26. The Bertz CT molecular complexity index is 234. The van der Waals surface area contributed by atoms with E-state index in [9.17, 15) is 14.7 Å². The summed E-state index contributed by atoms with van der Waals surface area (Å²) in [5.41, 5.74) is 4.81. The number of nitrogens with one attached hydrogen (secondary N) is 1.